The molecular formula is C19H23ClN4O3. The highest BCUT2D eigenvalue weighted by atomic mass is 35.5. The Morgan fingerprint density at radius 2 is 2.26 bits per heavy atom. The monoisotopic (exact) mass is 390 g/mol. The second-order valence-corrected chi connectivity index (χ2v) is 7.14. The summed E-state index contributed by atoms with van der Waals surface area (Å²) in [6.07, 6.45) is 3.37. The molecule has 2 heterocycles. The Morgan fingerprint density at radius 3 is 3.00 bits per heavy atom. The predicted molar refractivity (Wildman–Crippen MR) is 103 cm³/mol. The number of rotatable bonds is 5. The fourth-order valence-corrected chi connectivity index (χ4v) is 3.51. The van der Waals surface area contributed by atoms with Crippen LogP contribution in [0.4, 0.5) is 5.69 Å². The summed E-state index contributed by atoms with van der Waals surface area (Å²) in [4.78, 5) is 26.5. The molecule has 1 aliphatic heterocycles. The van der Waals surface area contributed by atoms with Crippen molar-refractivity contribution in [2.24, 2.45) is 0 Å². The minimum atomic E-state index is -0.238. The molecule has 0 saturated carbocycles. The van der Waals surface area contributed by atoms with E-state index in [2.05, 4.69) is 15.5 Å². The van der Waals surface area contributed by atoms with Crippen LogP contribution in [0.3, 0.4) is 0 Å². The van der Waals surface area contributed by atoms with Crippen LogP contribution in [0.5, 0.6) is 0 Å². The van der Waals surface area contributed by atoms with Crippen molar-refractivity contribution in [3.8, 4) is 0 Å². The number of carbonyl (C=O) groups is 2. The lowest BCUT2D eigenvalue weighted by Gasteiger charge is -2.32. The fourth-order valence-electron chi connectivity index (χ4n) is 3.33. The van der Waals surface area contributed by atoms with Gasteiger partial charge in [0.25, 0.3) is 5.91 Å². The molecule has 27 heavy (non-hydrogen) atoms. The Labute approximate surface area is 163 Å². The van der Waals surface area contributed by atoms with E-state index in [1.165, 1.54) is 7.11 Å². The first-order chi connectivity index (χ1) is 13.0. The predicted octanol–water partition coefficient (Wildman–Crippen LogP) is 2.98. The molecule has 0 bridgehead atoms. The van der Waals surface area contributed by atoms with Gasteiger partial charge in [-0.15, -0.1) is 0 Å². The highest BCUT2D eigenvalue weighted by molar-refractivity contribution is 6.31. The quantitative estimate of drug-likeness (QED) is 0.821. The van der Waals surface area contributed by atoms with Crippen molar-refractivity contribution in [2.45, 2.75) is 25.7 Å². The van der Waals surface area contributed by atoms with E-state index in [1.807, 2.05) is 17.9 Å². The normalized spacial score (nSPS) is 17.0. The Bertz CT molecular complexity index is 836. The van der Waals surface area contributed by atoms with Crippen molar-refractivity contribution in [2.75, 3.05) is 32.1 Å². The summed E-state index contributed by atoms with van der Waals surface area (Å²) in [5.74, 6) is -0.201. The summed E-state index contributed by atoms with van der Waals surface area (Å²) in [6.45, 7) is 3.14. The maximum Gasteiger partial charge on any atom is 0.253 e. The zero-order valence-corrected chi connectivity index (χ0v) is 16.2. The molecule has 7 nitrogen and oxygen atoms in total. The first-order valence-electron chi connectivity index (χ1n) is 8.87. The van der Waals surface area contributed by atoms with Crippen LogP contribution < -0.4 is 5.32 Å². The third-order valence-electron chi connectivity index (χ3n) is 4.75. The van der Waals surface area contributed by atoms with E-state index in [4.69, 9.17) is 16.3 Å². The van der Waals surface area contributed by atoms with Crippen LogP contribution in [0.25, 0.3) is 0 Å². The molecule has 1 fully saturated rings. The van der Waals surface area contributed by atoms with Crippen molar-refractivity contribution in [3.63, 3.8) is 0 Å². The van der Waals surface area contributed by atoms with Gasteiger partial charge in [-0.2, -0.15) is 5.10 Å². The van der Waals surface area contributed by atoms with E-state index < -0.39 is 0 Å². The van der Waals surface area contributed by atoms with Gasteiger partial charge in [0, 0.05) is 36.7 Å². The topological polar surface area (TPSA) is 87.3 Å². The molecular weight excluding hydrogens is 368 g/mol. The number of benzene rings is 1. The van der Waals surface area contributed by atoms with Crippen molar-refractivity contribution in [1.82, 2.24) is 15.1 Å². The minimum Gasteiger partial charge on any atom is -0.375 e. The zero-order chi connectivity index (χ0) is 19.4. The van der Waals surface area contributed by atoms with E-state index in [0.717, 1.165) is 24.1 Å². The number of methoxy groups -OCH3 is 1. The first-order valence-corrected chi connectivity index (χ1v) is 9.25. The lowest BCUT2D eigenvalue weighted by atomic mass is 9.93. The molecule has 1 saturated heterocycles. The molecule has 1 aromatic carbocycles. The molecule has 1 atom stereocenters. The molecule has 1 aliphatic rings. The van der Waals surface area contributed by atoms with Gasteiger partial charge >= 0.3 is 0 Å². The number of amides is 2. The molecule has 1 aromatic heterocycles. The number of nitrogens with one attached hydrogen (secondary N) is 2. The molecule has 0 radical (unpaired) electrons. The summed E-state index contributed by atoms with van der Waals surface area (Å²) < 4.78 is 4.85. The molecule has 0 unspecified atom stereocenters. The maximum atomic E-state index is 12.9. The average molecular weight is 391 g/mol. The largest absolute Gasteiger partial charge is 0.375 e. The third-order valence-corrected chi connectivity index (χ3v) is 5.16. The standard InChI is InChI=1S/C19H23ClN4O3/c1-12-5-6-13(8-15(12)20)19(26)24-7-3-4-14(10-24)18-16(9-21-23-18)22-17(25)11-27-2/h5-6,8-9,14H,3-4,7,10-11H2,1-2H3,(H,21,23)(H,22,25)/t14-/m0/s1. The van der Waals surface area contributed by atoms with Crippen LogP contribution in [-0.4, -0.2) is 53.7 Å². The van der Waals surface area contributed by atoms with Gasteiger partial charge < -0.3 is 15.0 Å². The van der Waals surface area contributed by atoms with E-state index in [0.29, 0.717) is 29.4 Å². The van der Waals surface area contributed by atoms with Gasteiger partial charge in [0.1, 0.15) is 6.61 Å². The molecule has 2 amide bonds. The smallest absolute Gasteiger partial charge is 0.253 e. The van der Waals surface area contributed by atoms with Crippen LogP contribution in [0.1, 0.15) is 40.4 Å². The molecule has 0 aliphatic carbocycles. The molecule has 0 spiro atoms. The van der Waals surface area contributed by atoms with Gasteiger partial charge in [0.2, 0.25) is 5.91 Å². The third kappa shape index (κ3) is 4.48. The number of hydrogen-bond donors (Lipinski definition) is 2. The van der Waals surface area contributed by atoms with Crippen LogP contribution >= 0.6 is 11.6 Å². The van der Waals surface area contributed by atoms with E-state index in [9.17, 15) is 9.59 Å². The van der Waals surface area contributed by atoms with E-state index in [-0.39, 0.29) is 24.3 Å². The van der Waals surface area contributed by atoms with Gasteiger partial charge in [-0.05, 0) is 37.5 Å². The van der Waals surface area contributed by atoms with Crippen molar-refractivity contribution < 1.29 is 14.3 Å². The summed E-state index contributed by atoms with van der Waals surface area (Å²) >= 11 is 6.17. The number of nitrogens with zero attached hydrogens (tertiary/aromatic N) is 2. The van der Waals surface area contributed by atoms with Crippen molar-refractivity contribution in [3.05, 3.63) is 46.2 Å². The minimum absolute atomic E-state index is 0.0198. The first kappa shape index (κ1) is 19.4. The van der Waals surface area contributed by atoms with Gasteiger partial charge in [-0.1, -0.05) is 17.7 Å². The number of carbonyl (C=O) groups excluding carboxylic acids is 2. The van der Waals surface area contributed by atoms with E-state index in [1.54, 1.807) is 18.3 Å². The summed E-state index contributed by atoms with van der Waals surface area (Å²) in [6, 6.07) is 5.38. The molecule has 2 aromatic rings. The molecule has 144 valence electrons. The van der Waals surface area contributed by atoms with Gasteiger partial charge in [-0.25, -0.2) is 0 Å². The van der Waals surface area contributed by atoms with Crippen LogP contribution in [0.2, 0.25) is 5.02 Å². The lowest BCUT2D eigenvalue weighted by molar-refractivity contribution is -0.119. The lowest BCUT2D eigenvalue weighted by Crippen LogP contribution is -2.39. The molecule has 8 heteroatoms. The number of hydrogen-bond acceptors (Lipinski definition) is 4. The Kier molecular flexibility index (Phi) is 6.13. The highest BCUT2D eigenvalue weighted by Gasteiger charge is 2.28. The van der Waals surface area contributed by atoms with Crippen molar-refractivity contribution >= 4 is 29.1 Å². The second kappa shape index (κ2) is 8.54. The van der Waals surface area contributed by atoms with Gasteiger partial charge in [0.05, 0.1) is 17.6 Å². The Hall–Kier alpha value is -2.38. The SMILES string of the molecule is COCC(=O)Nc1cn[nH]c1[C@H]1CCCN(C(=O)c2ccc(C)c(Cl)c2)C1. The summed E-state index contributed by atoms with van der Waals surface area (Å²) in [7, 11) is 1.47. The number of piperidine rings is 1. The number of anilines is 1. The Balaban J connectivity index is 1.73. The van der Waals surface area contributed by atoms with Crippen LogP contribution in [-0.2, 0) is 9.53 Å². The van der Waals surface area contributed by atoms with E-state index >= 15 is 0 Å². The second-order valence-electron chi connectivity index (χ2n) is 6.73. The maximum absolute atomic E-state index is 12.9. The highest BCUT2D eigenvalue weighted by Crippen LogP contribution is 2.31. The number of aromatic nitrogens is 2. The number of ether oxygens (including phenoxy) is 1. The summed E-state index contributed by atoms with van der Waals surface area (Å²) in [5.41, 5.74) is 3.00. The van der Waals surface area contributed by atoms with Gasteiger partial charge in [-0.3, -0.25) is 14.7 Å². The summed E-state index contributed by atoms with van der Waals surface area (Å²) in [5, 5.41) is 10.4. The van der Waals surface area contributed by atoms with Crippen LogP contribution in [0.15, 0.2) is 24.4 Å². The molecule has 3 rings (SSSR count). The van der Waals surface area contributed by atoms with Gasteiger partial charge in [0.15, 0.2) is 0 Å². The Morgan fingerprint density at radius 1 is 1.44 bits per heavy atom. The van der Waals surface area contributed by atoms with Crippen molar-refractivity contribution in [1.29, 1.82) is 0 Å². The number of aryl methyl sites for hydroxylation is 1. The average Bonchev–Trinajstić information content (AvgIpc) is 3.11. The number of halogens is 1. The fraction of sp³-hybridized carbons (Fsp3) is 0.421. The molecule has 2 N–H and O–H groups in total. The van der Waals surface area contributed by atoms with Crippen LogP contribution in [0, 0.1) is 6.92 Å². The number of aromatic amines is 1. The number of likely N-dealkylation sites (tertiary alicyclic amines) is 1. The number of H-pyrrole nitrogens is 1. The zero-order valence-electron chi connectivity index (χ0n) is 15.4.